The first-order valence-corrected chi connectivity index (χ1v) is 7.89. The third-order valence-electron chi connectivity index (χ3n) is 3.26. The minimum Gasteiger partial charge on any atom is -0.489 e. The highest BCUT2D eigenvalue weighted by Gasteiger charge is 2.08. The Labute approximate surface area is 154 Å². The van der Waals surface area contributed by atoms with Crippen LogP contribution in [0.4, 0.5) is 0 Å². The zero-order valence-electron chi connectivity index (χ0n) is 13.2. The molecule has 0 spiro atoms. The molecule has 7 heteroatoms. The van der Waals surface area contributed by atoms with E-state index >= 15 is 0 Å². The summed E-state index contributed by atoms with van der Waals surface area (Å²) in [5, 5.41) is 9.83. The third-order valence-corrected chi connectivity index (χ3v) is 4.00. The molecule has 0 aliphatic heterocycles. The summed E-state index contributed by atoms with van der Waals surface area (Å²) in [5.41, 5.74) is 1.38. The molecular formula is C18H14Cl2O5. The van der Waals surface area contributed by atoms with Crippen LogP contribution in [0.5, 0.6) is 11.5 Å². The second kappa shape index (κ2) is 8.55. The first kappa shape index (κ1) is 18.8. The number of hydrogen-bond donors (Lipinski definition) is 1. The number of carbonyl (C=O) groups is 2. The molecule has 0 bridgehead atoms. The molecule has 0 heterocycles. The lowest BCUT2D eigenvalue weighted by Gasteiger charge is -2.10. The lowest BCUT2D eigenvalue weighted by Crippen LogP contribution is -1.99. The van der Waals surface area contributed by atoms with Gasteiger partial charge in [0.1, 0.15) is 18.1 Å². The van der Waals surface area contributed by atoms with Crippen molar-refractivity contribution < 1.29 is 24.2 Å². The highest BCUT2D eigenvalue weighted by Crippen LogP contribution is 2.28. The van der Waals surface area contributed by atoms with E-state index in [4.69, 9.17) is 37.8 Å². The van der Waals surface area contributed by atoms with E-state index in [2.05, 4.69) is 0 Å². The Morgan fingerprint density at radius 3 is 2.56 bits per heavy atom. The second-order valence-electron chi connectivity index (χ2n) is 5.08. The molecule has 0 saturated carbocycles. The molecule has 5 nitrogen and oxygen atoms in total. The van der Waals surface area contributed by atoms with Crippen molar-refractivity contribution in [3.8, 4) is 11.5 Å². The number of aliphatic carboxylic acids is 1. The second-order valence-corrected chi connectivity index (χ2v) is 5.90. The van der Waals surface area contributed by atoms with Crippen LogP contribution in [0.3, 0.4) is 0 Å². The summed E-state index contributed by atoms with van der Waals surface area (Å²) in [7, 11) is 0. The normalized spacial score (nSPS) is 11.1. The molecule has 0 aliphatic carbocycles. The van der Waals surface area contributed by atoms with Crippen LogP contribution in [0.1, 0.15) is 18.1 Å². The van der Waals surface area contributed by atoms with Crippen molar-refractivity contribution in [2.24, 2.45) is 0 Å². The number of rotatable bonds is 7. The van der Waals surface area contributed by atoms with E-state index in [1.54, 1.807) is 30.3 Å². The van der Waals surface area contributed by atoms with Crippen LogP contribution in [0, 0.1) is 0 Å². The Morgan fingerprint density at radius 2 is 1.92 bits per heavy atom. The SMILES string of the molecule is C/C(=C\c1ccc(OCc2ccc(Cl)c(Cl)c2)cc1OC=O)C(=O)O. The van der Waals surface area contributed by atoms with Gasteiger partial charge in [0.05, 0.1) is 10.0 Å². The zero-order valence-corrected chi connectivity index (χ0v) is 14.7. The van der Waals surface area contributed by atoms with Gasteiger partial charge in [-0.05, 0) is 42.8 Å². The maximum atomic E-state index is 10.9. The van der Waals surface area contributed by atoms with Crippen LogP contribution >= 0.6 is 23.2 Å². The molecule has 0 atom stereocenters. The fraction of sp³-hybridized carbons (Fsp3) is 0.111. The first-order chi connectivity index (χ1) is 11.9. The minimum atomic E-state index is -1.06. The number of halogens is 2. The van der Waals surface area contributed by atoms with Crippen LogP contribution in [0.15, 0.2) is 42.0 Å². The van der Waals surface area contributed by atoms with Gasteiger partial charge in [-0.3, -0.25) is 4.79 Å². The van der Waals surface area contributed by atoms with Crippen LogP contribution in [0.25, 0.3) is 6.08 Å². The first-order valence-electron chi connectivity index (χ1n) is 7.13. The standard InChI is InChI=1S/C18H14Cl2O5/c1-11(18(22)23)6-13-3-4-14(8-17(13)25-10-21)24-9-12-2-5-15(19)16(20)7-12/h2-8,10H,9H2,1H3,(H,22,23)/b11-6+. The minimum absolute atomic E-state index is 0.111. The van der Waals surface area contributed by atoms with Crippen molar-refractivity contribution in [1.82, 2.24) is 0 Å². The number of carboxylic acid groups (broad SMARTS) is 1. The van der Waals surface area contributed by atoms with Gasteiger partial charge in [0.15, 0.2) is 0 Å². The fourth-order valence-electron chi connectivity index (χ4n) is 1.97. The van der Waals surface area contributed by atoms with E-state index in [-0.39, 0.29) is 24.4 Å². The van der Waals surface area contributed by atoms with Crippen molar-refractivity contribution >= 4 is 41.7 Å². The van der Waals surface area contributed by atoms with Crippen molar-refractivity contribution in [3.05, 3.63) is 63.1 Å². The summed E-state index contributed by atoms with van der Waals surface area (Å²) in [6.45, 7) is 1.95. The van der Waals surface area contributed by atoms with E-state index < -0.39 is 5.97 Å². The summed E-state index contributed by atoms with van der Waals surface area (Å²) in [6, 6.07) is 9.91. The van der Waals surface area contributed by atoms with Crippen molar-refractivity contribution in [1.29, 1.82) is 0 Å². The number of carboxylic acids is 1. The Bertz CT molecular complexity index is 830. The number of hydrogen-bond acceptors (Lipinski definition) is 4. The van der Waals surface area contributed by atoms with E-state index in [1.165, 1.54) is 19.1 Å². The van der Waals surface area contributed by atoms with Gasteiger partial charge in [-0.2, -0.15) is 0 Å². The molecule has 0 unspecified atom stereocenters. The van der Waals surface area contributed by atoms with Crippen LogP contribution in [-0.4, -0.2) is 17.5 Å². The molecular weight excluding hydrogens is 367 g/mol. The van der Waals surface area contributed by atoms with Gasteiger partial charge in [0.2, 0.25) is 0 Å². The van der Waals surface area contributed by atoms with Gasteiger partial charge < -0.3 is 14.6 Å². The van der Waals surface area contributed by atoms with Crippen molar-refractivity contribution in [3.63, 3.8) is 0 Å². The van der Waals surface area contributed by atoms with Crippen molar-refractivity contribution in [2.45, 2.75) is 13.5 Å². The highest BCUT2D eigenvalue weighted by molar-refractivity contribution is 6.42. The quantitative estimate of drug-likeness (QED) is 0.561. The Kier molecular flexibility index (Phi) is 6.44. The monoisotopic (exact) mass is 380 g/mol. The van der Waals surface area contributed by atoms with E-state index in [0.717, 1.165) is 5.56 Å². The molecule has 2 rings (SSSR count). The Hall–Kier alpha value is -2.50. The van der Waals surface area contributed by atoms with Gasteiger partial charge in [-0.15, -0.1) is 0 Å². The summed E-state index contributed by atoms with van der Waals surface area (Å²) in [4.78, 5) is 21.6. The average Bonchev–Trinajstić information content (AvgIpc) is 2.58. The molecule has 0 fully saturated rings. The molecule has 0 saturated heterocycles. The predicted molar refractivity (Wildman–Crippen MR) is 95.2 cm³/mol. The molecule has 25 heavy (non-hydrogen) atoms. The number of carbonyl (C=O) groups excluding carboxylic acids is 1. The summed E-state index contributed by atoms with van der Waals surface area (Å²) in [6.07, 6.45) is 1.41. The largest absolute Gasteiger partial charge is 0.489 e. The van der Waals surface area contributed by atoms with Gasteiger partial charge in [0.25, 0.3) is 6.47 Å². The van der Waals surface area contributed by atoms with E-state index in [1.807, 2.05) is 0 Å². The molecule has 130 valence electrons. The van der Waals surface area contributed by atoms with Gasteiger partial charge in [-0.1, -0.05) is 29.3 Å². The van der Waals surface area contributed by atoms with Gasteiger partial charge >= 0.3 is 5.97 Å². The van der Waals surface area contributed by atoms with Crippen molar-refractivity contribution in [2.75, 3.05) is 0 Å². The molecule has 2 aromatic carbocycles. The summed E-state index contributed by atoms with van der Waals surface area (Å²) in [5.74, 6) is -0.410. The Morgan fingerprint density at radius 1 is 1.16 bits per heavy atom. The van der Waals surface area contributed by atoms with Gasteiger partial charge in [0, 0.05) is 17.2 Å². The molecule has 0 amide bonds. The highest BCUT2D eigenvalue weighted by atomic mass is 35.5. The lowest BCUT2D eigenvalue weighted by molar-refractivity contribution is -0.132. The average molecular weight is 381 g/mol. The summed E-state index contributed by atoms with van der Waals surface area (Å²) >= 11 is 11.8. The molecule has 2 aromatic rings. The van der Waals surface area contributed by atoms with Gasteiger partial charge in [-0.25, -0.2) is 4.79 Å². The number of ether oxygens (including phenoxy) is 2. The van der Waals surface area contributed by atoms with Crippen LogP contribution in [-0.2, 0) is 16.2 Å². The topological polar surface area (TPSA) is 72.8 Å². The molecule has 1 N–H and O–H groups in total. The summed E-state index contributed by atoms with van der Waals surface area (Å²) < 4.78 is 10.6. The smallest absolute Gasteiger partial charge is 0.331 e. The third kappa shape index (κ3) is 5.24. The predicted octanol–water partition coefficient (Wildman–Crippen LogP) is 4.60. The van der Waals surface area contributed by atoms with Crippen LogP contribution < -0.4 is 9.47 Å². The Balaban J connectivity index is 2.20. The molecule has 0 aromatic heterocycles. The maximum Gasteiger partial charge on any atom is 0.331 e. The number of benzene rings is 2. The molecule has 0 aliphatic rings. The zero-order chi connectivity index (χ0) is 18.4. The molecule has 0 radical (unpaired) electrons. The van der Waals surface area contributed by atoms with Crippen LogP contribution in [0.2, 0.25) is 10.0 Å². The van der Waals surface area contributed by atoms with E-state index in [0.29, 0.717) is 21.4 Å². The lowest BCUT2D eigenvalue weighted by atomic mass is 10.1. The van der Waals surface area contributed by atoms with E-state index in [9.17, 15) is 9.59 Å². The fourth-order valence-corrected chi connectivity index (χ4v) is 2.29. The maximum absolute atomic E-state index is 10.9.